The topological polar surface area (TPSA) is 33.4 Å². The molecule has 1 aromatic rings. The number of aryl methyl sites for hydroxylation is 2. The van der Waals surface area contributed by atoms with Crippen molar-refractivity contribution in [2.45, 2.75) is 59.0 Å². The van der Waals surface area contributed by atoms with Gasteiger partial charge in [0.05, 0.1) is 6.10 Å². The normalized spacial score (nSPS) is 27.1. The predicted molar refractivity (Wildman–Crippen MR) is 68.9 cm³/mol. The third kappa shape index (κ3) is 2.74. The summed E-state index contributed by atoms with van der Waals surface area (Å²) in [7, 11) is 0. The molecule has 1 aliphatic rings. The zero-order valence-corrected chi connectivity index (χ0v) is 11.2. The van der Waals surface area contributed by atoms with Crippen molar-refractivity contribution in [2.24, 2.45) is 11.8 Å². The summed E-state index contributed by atoms with van der Waals surface area (Å²) in [6.45, 7) is 6.16. The van der Waals surface area contributed by atoms with Gasteiger partial charge in [0.25, 0.3) is 0 Å². The quantitative estimate of drug-likeness (QED) is 0.855. The van der Waals surface area contributed by atoms with Crippen LogP contribution in [0.1, 0.15) is 62.2 Å². The molecule has 0 spiro atoms. The van der Waals surface area contributed by atoms with Crippen molar-refractivity contribution in [3.8, 4) is 0 Å². The van der Waals surface area contributed by atoms with E-state index in [-0.39, 0.29) is 6.10 Å². The molecule has 1 N–H and O–H groups in total. The first-order chi connectivity index (χ1) is 8.11. The molecule has 17 heavy (non-hydrogen) atoms. The van der Waals surface area contributed by atoms with E-state index in [1.165, 1.54) is 19.3 Å². The Morgan fingerprint density at radius 3 is 2.41 bits per heavy atom. The van der Waals surface area contributed by atoms with Crippen LogP contribution in [0.3, 0.4) is 0 Å². The number of hydrogen-bond donors (Lipinski definition) is 1. The third-order valence-corrected chi connectivity index (χ3v) is 4.31. The molecular formula is C15H24O2. The van der Waals surface area contributed by atoms with E-state index in [2.05, 4.69) is 6.92 Å². The van der Waals surface area contributed by atoms with Crippen LogP contribution in [0.2, 0.25) is 0 Å². The van der Waals surface area contributed by atoms with Gasteiger partial charge >= 0.3 is 0 Å². The van der Waals surface area contributed by atoms with Crippen molar-refractivity contribution in [2.75, 3.05) is 0 Å². The third-order valence-electron chi connectivity index (χ3n) is 4.31. The predicted octanol–water partition coefficient (Wildman–Crippen LogP) is 4.15. The molecule has 1 heterocycles. The fourth-order valence-electron chi connectivity index (χ4n) is 3.11. The van der Waals surface area contributed by atoms with Gasteiger partial charge in [0.15, 0.2) is 0 Å². The maximum atomic E-state index is 10.4. The monoisotopic (exact) mass is 236 g/mol. The summed E-state index contributed by atoms with van der Waals surface area (Å²) in [5.74, 6) is 3.09. The van der Waals surface area contributed by atoms with Crippen molar-refractivity contribution < 1.29 is 9.52 Å². The lowest BCUT2D eigenvalue weighted by Crippen LogP contribution is -2.20. The van der Waals surface area contributed by atoms with Gasteiger partial charge in [0.1, 0.15) is 11.5 Å². The van der Waals surface area contributed by atoms with Gasteiger partial charge in [-0.25, -0.2) is 0 Å². The van der Waals surface area contributed by atoms with E-state index in [9.17, 15) is 5.11 Å². The lowest BCUT2D eigenvalue weighted by molar-refractivity contribution is 0.0718. The highest BCUT2D eigenvalue weighted by Gasteiger charge is 2.28. The Morgan fingerprint density at radius 1 is 1.29 bits per heavy atom. The Labute approximate surface area is 104 Å². The Kier molecular flexibility index (Phi) is 3.93. The highest BCUT2D eigenvalue weighted by atomic mass is 16.3. The zero-order chi connectivity index (χ0) is 12.4. The molecule has 1 atom stereocenters. The Bertz CT molecular complexity index is 359. The van der Waals surface area contributed by atoms with Gasteiger partial charge in [-0.2, -0.15) is 0 Å². The van der Waals surface area contributed by atoms with Crippen LogP contribution in [0.15, 0.2) is 10.5 Å². The Morgan fingerprint density at radius 2 is 1.94 bits per heavy atom. The standard InChI is InChI=1S/C15H24O2/c1-4-12-5-7-13(8-6-12)15(16)14-9-10(2)17-11(14)3/h9,12-13,15-16H,4-8H2,1-3H3. The Balaban J connectivity index is 2.01. The molecule has 2 heteroatoms. The number of aliphatic hydroxyl groups is 1. The van der Waals surface area contributed by atoms with Gasteiger partial charge in [0, 0.05) is 5.56 Å². The van der Waals surface area contributed by atoms with Crippen LogP contribution < -0.4 is 0 Å². The van der Waals surface area contributed by atoms with Gasteiger partial charge < -0.3 is 9.52 Å². The number of rotatable bonds is 3. The molecule has 1 aromatic heterocycles. The minimum Gasteiger partial charge on any atom is -0.466 e. The molecule has 0 aliphatic heterocycles. The van der Waals surface area contributed by atoms with Gasteiger partial charge in [-0.05, 0) is 44.6 Å². The van der Waals surface area contributed by atoms with E-state index in [0.29, 0.717) is 5.92 Å². The van der Waals surface area contributed by atoms with Crippen molar-refractivity contribution in [3.63, 3.8) is 0 Å². The molecule has 2 rings (SSSR count). The van der Waals surface area contributed by atoms with E-state index < -0.39 is 0 Å². The zero-order valence-electron chi connectivity index (χ0n) is 11.2. The lowest BCUT2D eigenvalue weighted by atomic mass is 9.77. The van der Waals surface area contributed by atoms with Crippen molar-refractivity contribution in [1.82, 2.24) is 0 Å². The average Bonchev–Trinajstić information content (AvgIpc) is 2.68. The van der Waals surface area contributed by atoms with Crippen LogP contribution in [0.25, 0.3) is 0 Å². The first kappa shape index (κ1) is 12.7. The highest BCUT2D eigenvalue weighted by molar-refractivity contribution is 5.23. The number of furan rings is 1. The van der Waals surface area contributed by atoms with Gasteiger partial charge in [0.2, 0.25) is 0 Å². The summed E-state index contributed by atoms with van der Waals surface area (Å²) in [5, 5.41) is 10.4. The summed E-state index contributed by atoms with van der Waals surface area (Å²) < 4.78 is 5.51. The van der Waals surface area contributed by atoms with E-state index in [4.69, 9.17) is 4.42 Å². The molecule has 96 valence electrons. The van der Waals surface area contributed by atoms with E-state index in [1.807, 2.05) is 19.9 Å². The molecule has 2 nitrogen and oxygen atoms in total. The molecule has 0 radical (unpaired) electrons. The van der Waals surface area contributed by atoms with Crippen molar-refractivity contribution in [1.29, 1.82) is 0 Å². The van der Waals surface area contributed by atoms with Crippen molar-refractivity contribution >= 4 is 0 Å². The van der Waals surface area contributed by atoms with Crippen LogP contribution in [0, 0.1) is 25.7 Å². The molecule has 0 saturated heterocycles. The summed E-state index contributed by atoms with van der Waals surface area (Å²) in [6.07, 6.45) is 5.81. The van der Waals surface area contributed by atoms with E-state index in [0.717, 1.165) is 35.8 Å². The molecule has 1 saturated carbocycles. The highest BCUT2D eigenvalue weighted by Crippen LogP contribution is 2.39. The molecule has 0 amide bonds. The maximum absolute atomic E-state index is 10.4. The first-order valence-corrected chi connectivity index (χ1v) is 6.86. The Hall–Kier alpha value is -0.760. The molecular weight excluding hydrogens is 212 g/mol. The van der Waals surface area contributed by atoms with Gasteiger partial charge in [-0.15, -0.1) is 0 Å². The summed E-state index contributed by atoms with van der Waals surface area (Å²) in [4.78, 5) is 0. The van der Waals surface area contributed by atoms with E-state index >= 15 is 0 Å². The molecule has 0 aromatic carbocycles. The van der Waals surface area contributed by atoms with Crippen LogP contribution in [-0.2, 0) is 0 Å². The summed E-state index contributed by atoms with van der Waals surface area (Å²) in [5.41, 5.74) is 1.00. The second kappa shape index (κ2) is 5.26. The smallest absolute Gasteiger partial charge is 0.106 e. The van der Waals surface area contributed by atoms with Crippen molar-refractivity contribution in [3.05, 3.63) is 23.2 Å². The minimum absolute atomic E-state index is 0.328. The van der Waals surface area contributed by atoms with Gasteiger partial charge in [-0.1, -0.05) is 26.2 Å². The SMILES string of the molecule is CCC1CCC(C(O)c2cc(C)oc2C)CC1. The largest absolute Gasteiger partial charge is 0.466 e. The molecule has 1 aliphatic carbocycles. The second-order valence-electron chi connectivity index (χ2n) is 5.50. The van der Waals surface area contributed by atoms with Gasteiger partial charge in [-0.3, -0.25) is 0 Å². The minimum atomic E-state index is -0.328. The van der Waals surface area contributed by atoms with E-state index in [1.54, 1.807) is 0 Å². The van der Waals surface area contributed by atoms with Crippen LogP contribution in [-0.4, -0.2) is 5.11 Å². The van der Waals surface area contributed by atoms with Crippen LogP contribution in [0.5, 0.6) is 0 Å². The molecule has 1 unspecified atom stereocenters. The number of hydrogen-bond acceptors (Lipinski definition) is 2. The van der Waals surface area contributed by atoms with Crippen LogP contribution >= 0.6 is 0 Å². The van der Waals surface area contributed by atoms with Crippen LogP contribution in [0.4, 0.5) is 0 Å². The molecule has 1 fully saturated rings. The fraction of sp³-hybridized carbons (Fsp3) is 0.733. The lowest BCUT2D eigenvalue weighted by Gasteiger charge is -2.30. The maximum Gasteiger partial charge on any atom is 0.106 e. The average molecular weight is 236 g/mol. The number of aliphatic hydroxyl groups excluding tert-OH is 1. The second-order valence-corrected chi connectivity index (χ2v) is 5.50. The first-order valence-electron chi connectivity index (χ1n) is 6.86. The molecule has 0 bridgehead atoms. The fourth-order valence-corrected chi connectivity index (χ4v) is 3.11. The summed E-state index contributed by atoms with van der Waals surface area (Å²) >= 11 is 0. The summed E-state index contributed by atoms with van der Waals surface area (Å²) in [6, 6.07) is 1.99.